The number of carbonyl (C=O) groups is 1. The molecule has 9 heteroatoms. The summed E-state index contributed by atoms with van der Waals surface area (Å²) in [5, 5.41) is 9.22. The zero-order chi connectivity index (χ0) is 18.9. The minimum absolute atomic E-state index is 0.0154. The molecule has 2 heterocycles. The summed E-state index contributed by atoms with van der Waals surface area (Å²) in [7, 11) is -2.54. The fourth-order valence-corrected chi connectivity index (χ4v) is 3.51. The van der Waals surface area contributed by atoms with Gasteiger partial charge in [-0.1, -0.05) is 6.07 Å². The Balaban J connectivity index is 2.14. The van der Waals surface area contributed by atoms with Crippen molar-refractivity contribution in [1.29, 1.82) is 0 Å². The summed E-state index contributed by atoms with van der Waals surface area (Å²) >= 11 is 0. The van der Waals surface area contributed by atoms with Gasteiger partial charge in [0.05, 0.1) is 23.2 Å². The molecule has 2 aromatic heterocycles. The van der Waals surface area contributed by atoms with E-state index in [2.05, 4.69) is 4.72 Å². The molecule has 0 aliphatic carbocycles. The molecule has 0 bridgehead atoms. The number of rotatable bonds is 5. The van der Waals surface area contributed by atoms with E-state index < -0.39 is 27.1 Å². The van der Waals surface area contributed by atoms with Crippen molar-refractivity contribution < 1.29 is 23.1 Å². The van der Waals surface area contributed by atoms with Crippen LogP contribution in [0.2, 0.25) is 0 Å². The summed E-state index contributed by atoms with van der Waals surface area (Å²) in [6.45, 7) is 0. The molecule has 134 valence electrons. The first-order valence-corrected chi connectivity index (χ1v) is 8.86. The van der Waals surface area contributed by atoms with Gasteiger partial charge in [-0.2, -0.15) is 0 Å². The quantitative estimate of drug-likeness (QED) is 0.704. The minimum Gasteiger partial charge on any atom is -0.497 e. The number of methoxy groups -OCH3 is 1. The highest BCUT2D eigenvalue weighted by Crippen LogP contribution is 2.22. The van der Waals surface area contributed by atoms with Crippen molar-refractivity contribution in [2.75, 3.05) is 11.8 Å². The molecule has 0 spiro atoms. The molecule has 3 aromatic rings. The first kappa shape index (κ1) is 17.5. The second-order valence-electron chi connectivity index (χ2n) is 5.32. The van der Waals surface area contributed by atoms with E-state index in [4.69, 9.17) is 4.74 Å². The number of nitrogens with zero attached hydrogens (tertiary/aromatic N) is 1. The Kier molecular flexibility index (Phi) is 4.39. The summed E-state index contributed by atoms with van der Waals surface area (Å²) < 4.78 is 33.7. The van der Waals surface area contributed by atoms with E-state index in [-0.39, 0.29) is 16.1 Å². The molecule has 0 saturated carbocycles. The van der Waals surface area contributed by atoms with E-state index in [0.717, 1.165) is 10.5 Å². The lowest BCUT2D eigenvalue weighted by Gasteiger charge is -2.12. The van der Waals surface area contributed by atoms with Gasteiger partial charge in [0.2, 0.25) is 0 Å². The van der Waals surface area contributed by atoms with Crippen molar-refractivity contribution in [1.82, 2.24) is 4.40 Å². The third kappa shape index (κ3) is 3.11. The van der Waals surface area contributed by atoms with Crippen molar-refractivity contribution in [3.63, 3.8) is 0 Å². The number of carboxylic acids is 1. The second-order valence-corrected chi connectivity index (χ2v) is 7.00. The Morgan fingerprint density at radius 2 is 1.85 bits per heavy atom. The van der Waals surface area contributed by atoms with Crippen LogP contribution in [0.25, 0.3) is 5.52 Å². The molecule has 1 aromatic carbocycles. The second kappa shape index (κ2) is 6.52. The van der Waals surface area contributed by atoms with E-state index >= 15 is 0 Å². The molecule has 3 rings (SSSR count). The zero-order valence-corrected chi connectivity index (χ0v) is 14.4. The van der Waals surface area contributed by atoms with Gasteiger partial charge in [0.15, 0.2) is 0 Å². The van der Waals surface area contributed by atoms with Crippen LogP contribution in [-0.4, -0.2) is 31.0 Å². The highest BCUT2D eigenvalue weighted by atomic mass is 32.2. The van der Waals surface area contributed by atoms with Crippen molar-refractivity contribution >= 4 is 27.2 Å². The van der Waals surface area contributed by atoms with Crippen molar-refractivity contribution in [3.8, 4) is 5.75 Å². The number of fused-ring (bicyclic) bond motifs is 1. The molecule has 0 atom stereocenters. The number of pyridine rings is 2. The Labute approximate surface area is 148 Å². The van der Waals surface area contributed by atoms with E-state index in [1.54, 1.807) is 12.1 Å². The van der Waals surface area contributed by atoms with Gasteiger partial charge < -0.3 is 9.84 Å². The minimum atomic E-state index is -4.00. The van der Waals surface area contributed by atoms with Crippen LogP contribution in [0.5, 0.6) is 5.75 Å². The standard InChI is InChI=1S/C17H14N2O6S/c1-25-11-5-7-12(8-6-11)26(23,24)18-14-10-13(17(21)22)16(20)19-9-3-2-4-15(14)19/h2-10,18H,1H3,(H,21,22). The van der Waals surface area contributed by atoms with Crippen LogP contribution in [0.4, 0.5) is 5.69 Å². The van der Waals surface area contributed by atoms with Crippen LogP contribution in [0.1, 0.15) is 10.4 Å². The van der Waals surface area contributed by atoms with E-state index in [1.807, 2.05) is 0 Å². The molecular weight excluding hydrogens is 360 g/mol. The molecule has 0 fully saturated rings. The summed E-state index contributed by atoms with van der Waals surface area (Å²) in [5.74, 6) is -0.952. The predicted octanol–water partition coefficient (Wildman–Crippen LogP) is 1.81. The molecule has 2 N–H and O–H groups in total. The van der Waals surface area contributed by atoms with Crippen LogP contribution in [-0.2, 0) is 10.0 Å². The lowest BCUT2D eigenvalue weighted by Crippen LogP contribution is -2.24. The molecule has 8 nitrogen and oxygen atoms in total. The molecule has 0 aliphatic rings. The van der Waals surface area contributed by atoms with Gasteiger partial charge >= 0.3 is 5.97 Å². The maximum absolute atomic E-state index is 12.6. The number of hydrogen-bond acceptors (Lipinski definition) is 5. The molecule has 0 unspecified atom stereocenters. The van der Waals surface area contributed by atoms with Gasteiger partial charge in [-0.25, -0.2) is 13.2 Å². The molecule has 0 saturated heterocycles. The van der Waals surface area contributed by atoms with Crippen LogP contribution < -0.4 is 15.0 Å². The largest absolute Gasteiger partial charge is 0.497 e. The molecule has 26 heavy (non-hydrogen) atoms. The Morgan fingerprint density at radius 1 is 1.15 bits per heavy atom. The molecule has 0 radical (unpaired) electrons. The van der Waals surface area contributed by atoms with Gasteiger partial charge in [0.25, 0.3) is 15.6 Å². The number of sulfonamides is 1. The van der Waals surface area contributed by atoms with Gasteiger partial charge in [0, 0.05) is 6.20 Å². The Bertz CT molecular complexity index is 1150. The van der Waals surface area contributed by atoms with Gasteiger partial charge in [-0.15, -0.1) is 0 Å². The fraction of sp³-hybridized carbons (Fsp3) is 0.0588. The van der Waals surface area contributed by atoms with Crippen LogP contribution >= 0.6 is 0 Å². The van der Waals surface area contributed by atoms with Gasteiger partial charge in [-0.3, -0.25) is 13.9 Å². The predicted molar refractivity (Wildman–Crippen MR) is 94.4 cm³/mol. The summed E-state index contributed by atoms with van der Waals surface area (Å²) in [4.78, 5) is 23.5. The number of ether oxygens (including phenoxy) is 1. The van der Waals surface area contributed by atoms with Gasteiger partial charge in [0.1, 0.15) is 11.3 Å². The lowest BCUT2D eigenvalue weighted by molar-refractivity contribution is 0.0695. The third-order valence-corrected chi connectivity index (χ3v) is 5.10. The van der Waals surface area contributed by atoms with Gasteiger partial charge in [-0.05, 0) is 42.5 Å². The highest BCUT2D eigenvalue weighted by Gasteiger charge is 2.19. The maximum atomic E-state index is 12.6. The van der Waals surface area contributed by atoms with Crippen molar-refractivity contribution in [2.24, 2.45) is 0 Å². The summed E-state index contributed by atoms with van der Waals surface area (Å²) in [6, 6.07) is 11.4. The normalized spacial score (nSPS) is 11.3. The zero-order valence-electron chi connectivity index (χ0n) is 13.5. The smallest absolute Gasteiger partial charge is 0.341 e. The third-order valence-electron chi connectivity index (χ3n) is 3.72. The van der Waals surface area contributed by atoms with E-state index in [1.165, 1.54) is 43.6 Å². The monoisotopic (exact) mass is 374 g/mol. The van der Waals surface area contributed by atoms with Crippen molar-refractivity contribution in [3.05, 3.63) is 70.6 Å². The van der Waals surface area contributed by atoms with E-state index in [0.29, 0.717) is 5.75 Å². The number of carboxylic acid groups (broad SMARTS) is 1. The lowest BCUT2D eigenvalue weighted by atomic mass is 10.2. The number of hydrogen-bond donors (Lipinski definition) is 2. The first-order valence-electron chi connectivity index (χ1n) is 7.38. The van der Waals surface area contributed by atoms with Crippen LogP contribution in [0.15, 0.2) is 64.4 Å². The number of aromatic carboxylic acids is 1. The maximum Gasteiger partial charge on any atom is 0.341 e. The fourth-order valence-electron chi connectivity index (χ4n) is 2.44. The number of aromatic nitrogens is 1. The first-order chi connectivity index (χ1) is 12.3. The van der Waals surface area contributed by atoms with Crippen LogP contribution in [0.3, 0.4) is 0 Å². The van der Waals surface area contributed by atoms with Crippen molar-refractivity contribution in [2.45, 2.75) is 4.90 Å². The average molecular weight is 374 g/mol. The number of nitrogens with one attached hydrogen (secondary N) is 1. The Hall–Kier alpha value is -3.33. The molecular formula is C17H14N2O6S. The average Bonchev–Trinajstić information content (AvgIpc) is 2.64. The summed E-state index contributed by atoms with van der Waals surface area (Å²) in [6.07, 6.45) is 1.37. The Morgan fingerprint density at radius 3 is 2.46 bits per heavy atom. The molecule has 0 aliphatic heterocycles. The topological polar surface area (TPSA) is 114 Å². The van der Waals surface area contributed by atoms with E-state index in [9.17, 15) is 23.1 Å². The number of benzene rings is 1. The highest BCUT2D eigenvalue weighted by molar-refractivity contribution is 7.92. The number of anilines is 1. The van der Waals surface area contributed by atoms with Crippen LogP contribution in [0, 0.1) is 0 Å². The SMILES string of the molecule is COc1ccc(S(=O)(=O)Nc2cc(C(=O)O)c(=O)n3ccccc23)cc1. The molecule has 0 amide bonds. The summed E-state index contributed by atoms with van der Waals surface area (Å²) in [5.41, 5.74) is -1.07.